The van der Waals surface area contributed by atoms with Crippen LogP contribution in [0.15, 0.2) is 165 Å². The van der Waals surface area contributed by atoms with E-state index in [-0.39, 0.29) is 19.5 Å². The molecular weight excluding hydrogens is 582 g/mol. The van der Waals surface area contributed by atoms with E-state index in [2.05, 4.69) is 158 Å². The van der Waals surface area contributed by atoms with Crippen LogP contribution in [0.2, 0.25) is 0 Å². The quantitative estimate of drug-likeness (QED) is 0.237. The summed E-state index contributed by atoms with van der Waals surface area (Å²) in [5.74, 6) is 0. The second-order valence-corrected chi connectivity index (χ2v) is 9.85. The van der Waals surface area contributed by atoms with Crippen molar-refractivity contribution >= 4 is 35.3 Å². The summed E-state index contributed by atoms with van der Waals surface area (Å²) in [6.45, 7) is 0. The maximum absolute atomic E-state index is 2.12. The third kappa shape index (κ3) is 5.76. The van der Waals surface area contributed by atoms with Crippen LogP contribution in [0, 0.1) is 0 Å². The Bertz CT molecular complexity index is 1540. The molecule has 0 saturated carbocycles. The van der Waals surface area contributed by atoms with Crippen molar-refractivity contribution in [2.45, 2.75) is 0 Å². The maximum Gasteiger partial charge on any atom is 2.00 e. The number of rotatable bonds is 0. The summed E-state index contributed by atoms with van der Waals surface area (Å²) in [6, 6.07) is 25.1. The van der Waals surface area contributed by atoms with Crippen molar-refractivity contribution in [3.05, 3.63) is 182 Å². The third-order valence-electron chi connectivity index (χ3n) is 7.25. The van der Waals surface area contributed by atoms with E-state index in [9.17, 15) is 0 Å². The molecule has 0 bridgehead atoms. The number of nitrogens with zero attached hydrogens (tertiary/aromatic N) is 6. The van der Waals surface area contributed by atoms with Gasteiger partial charge in [-0.05, 0) is 72.9 Å². The zero-order valence-corrected chi connectivity index (χ0v) is 26.7. The second-order valence-electron chi connectivity index (χ2n) is 9.85. The zero-order valence-electron chi connectivity index (χ0n) is 23.7. The summed E-state index contributed by atoms with van der Waals surface area (Å²) < 4.78 is 0. The molecule has 204 valence electrons. The average molecular weight is 612 g/mol. The first-order valence-corrected chi connectivity index (χ1v) is 13.9. The average Bonchev–Trinajstić information content (AvgIpc) is 3.09. The van der Waals surface area contributed by atoms with Gasteiger partial charge in [0.1, 0.15) is 0 Å². The monoisotopic (exact) mass is 610 g/mol. The van der Waals surface area contributed by atoms with Crippen molar-refractivity contribution in [2.75, 3.05) is 15.0 Å². The summed E-state index contributed by atoms with van der Waals surface area (Å²) in [6.07, 6.45) is 37.0. The number of allylic oxidation sites excluding steroid dienone is 6. The summed E-state index contributed by atoms with van der Waals surface area (Å²) in [5, 5.41) is 12.5. The van der Waals surface area contributed by atoms with Gasteiger partial charge in [0.2, 0.25) is 0 Å². The number of anilines is 3. The van der Waals surface area contributed by atoms with Crippen molar-refractivity contribution in [1.82, 2.24) is 15.0 Å². The van der Waals surface area contributed by atoms with Gasteiger partial charge in [0.15, 0.2) is 0 Å². The molecule has 6 nitrogen and oxygen atoms in total. The molecule has 7 heteroatoms. The molecule has 0 aliphatic carbocycles. The molecular formula is C36H30N6Zn+2. The molecule has 0 aromatic heterocycles. The van der Waals surface area contributed by atoms with Crippen molar-refractivity contribution in [3.8, 4) is 0 Å². The van der Waals surface area contributed by atoms with Crippen molar-refractivity contribution in [1.29, 1.82) is 0 Å². The Morgan fingerprint density at radius 3 is 0.907 bits per heavy atom. The van der Waals surface area contributed by atoms with E-state index < -0.39 is 0 Å². The van der Waals surface area contributed by atoms with Gasteiger partial charge in [0.25, 0.3) is 0 Å². The molecule has 0 amide bonds. The fourth-order valence-electron chi connectivity index (χ4n) is 5.21. The predicted octanol–water partition coefficient (Wildman–Crippen LogP) is 8.20. The smallest absolute Gasteiger partial charge is 0.264 e. The van der Waals surface area contributed by atoms with Gasteiger partial charge in [-0.3, -0.25) is 30.1 Å². The molecule has 0 fully saturated rings. The normalized spacial score (nSPS) is 16.5. The van der Waals surface area contributed by atoms with Gasteiger partial charge in [-0.1, -0.05) is 54.6 Å². The van der Waals surface area contributed by atoms with Gasteiger partial charge in [-0.15, -0.1) is 0 Å². The molecule has 9 rings (SSSR count). The van der Waals surface area contributed by atoms with E-state index in [4.69, 9.17) is 0 Å². The van der Waals surface area contributed by atoms with E-state index in [0.717, 1.165) is 0 Å². The molecule has 0 atom stereocenters. The van der Waals surface area contributed by atoms with E-state index in [1.54, 1.807) is 0 Å². The molecule has 6 aliphatic heterocycles. The van der Waals surface area contributed by atoms with Crippen molar-refractivity contribution in [3.63, 3.8) is 0 Å². The molecule has 0 radical (unpaired) electrons. The van der Waals surface area contributed by atoms with Gasteiger partial charge in [-0.25, -0.2) is 0 Å². The number of hydrogen-bond donors (Lipinski definition) is 0. The van der Waals surface area contributed by atoms with Crippen LogP contribution in [0.3, 0.4) is 0 Å². The molecule has 3 aromatic rings. The molecule has 43 heavy (non-hydrogen) atoms. The molecule has 6 heterocycles. The molecule has 0 N–H and O–H groups in total. The number of benzene rings is 3. The topological polar surface area (TPSA) is 19.4 Å². The summed E-state index contributed by atoms with van der Waals surface area (Å²) in [7, 11) is 0. The number of fused-ring (bicyclic) bond motifs is 9. The minimum atomic E-state index is 0. The van der Waals surface area contributed by atoms with Gasteiger partial charge < -0.3 is 0 Å². The molecule has 0 unspecified atom stereocenters. The number of para-hydroxylation sites is 3. The predicted molar refractivity (Wildman–Crippen MR) is 174 cm³/mol. The fraction of sp³-hybridized carbons (Fsp3) is 0. The van der Waals surface area contributed by atoms with Crippen LogP contribution < -0.4 is 15.0 Å². The first kappa shape index (κ1) is 27.9. The molecule has 0 spiro atoms. The van der Waals surface area contributed by atoms with Crippen molar-refractivity contribution in [2.24, 2.45) is 0 Å². The van der Waals surface area contributed by atoms with E-state index in [1.807, 2.05) is 55.1 Å². The van der Waals surface area contributed by atoms with Crippen LogP contribution in [-0.4, -0.2) is 15.0 Å². The maximum atomic E-state index is 2.12. The SMILES string of the molecule is C1=CN2C=Cc3ccccc3N2C=C1.C1=CN2C=Cc3ccccc3N2C=C1.C1=CN2C=Cc3ccccc3N2C=C1.[Zn+2]. The minimum absolute atomic E-state index is 0. The molecule has 6 aliphatic rings. The Morgan fingerprint density at radius 1 is 0.302 bits per heavy atom. The standard InChI is InChI=1S/3C12H10N2.Zn/c3*1-2-6-12-11(5-1)7-10-13-8-3-4-9-14(12)13;/h3*1-10H;/q;;;+2. The van der Waals surface area contributed by atoms with Crippen LogP contribution in [0.1, 0.15) is 16.7 Å². The minimum Gasteiger partial charge on any atom is -0.264 e. The van der Waals surface area contributed by atoms with Gasteiger partial charge in [0.05, 0.1) is 17.1 Å². The Kier molecular flexibility index (Phi) is 8.25. The Labute approximate surface area is 265 Å². The van der Waals surface area contributed by atoms with E-state index in [1.165, 1.54) is 33.8 Å². The Morgan fingerprint density at radius 2 is 0.581 bits per heavy atom. The summed E-state index contributed by atoms with van der Waals surface area (Å²) >= 11 is 0. The molecule has 0 saturated heterocycles. The number of hydrazine groups is 3. The van der Waals surface area contributed by atoms with Gasteiger partial charge in [0, 0.05) is 72.5 Å². The van der Waals surface area contributed by atoms with Gasteiger partial charge in [-0.2, -0.15) is 0 Å². The largest absolute Gasteiger partial charge is 2.00 e. The van der Waals surface area contributed by atoms with Crippen molar-refractivity contribution < 1.29 is 19.5 Å². The van der Waals surface area contributed by atoms with Crippen LogP contribution in [0.4, 0.5) is 17.1 Å². The van der Waals surface area contributed by atoms with Crippen LogP contribution >= 0.6 is 0 Å². The first-order valence-electron chi connectivity index (χ1n) is 13.9. The third-order valence-corrected chi connectivity index (χ3v) is 7.25. The molecule has 3 aromatic carbocycles. The van der Waals surface area contributed by atoms with Gasteiger partial charge >= 0.3 is 19.5 Å². The zero-order chi connectivity index (χ0) is 28.1. The Balaban J connectivity index is 0.000000113. The van der Waals surface area contributed by atoms with E-state index in [0.29, 0.717) is 0 Å². The first-order chi connectivity index (χ1) is 20.8. The second kappa shape index (κ2) is 12.7. The summed E-state index contributed by atoms with van der Waals surface area (Å²) in [4.78, 5) is 0. The Hall–Kier alpha value is -5.26. The number of hydrogen-bond acceptors (Lipinski definition) is 6. The summed E-state index contributed by atoms with van der Waals surface area (Å²) in [5.41, 5.74) is 7.41. The van der Waals surface area contributed by atoms with Crippen LogP contribution in [-0.2, 0) is 19.5 Å². The van der Waals surface area contributed by atoms with E-state index >= 15 is 0 Å². The van der Waals surface area contributed by atoms with Crippen LogP contribution in [0.5, 0.6) is 0 Å². The fourth-order valence-corrected chi connectivity index (χ4v) is 5.21. The van der Waals surface area contributed by atoms with Crippen LogP contribution in [0.25, 0.3) is 18.2 Å².